The van der Waals surface area contributed by atoms with E-state index in [1.165, 1.54) is 19.1 Å². The second-order valence-electron chi connectivity index (χ2n) is 5.71. The Kier molecular flexibility index (Phi) is 5.15. The number of amides is 2. The fourth-order valence-electron chi connectivity index (χ4n) is 2.41. The molecule has 1 aliphatic heterocycles. The van der Waals surface area contributed by atoms with Crippen molar-refractivity contribution < 1.29 is 18.0 Å². The third kappa shape index (κ3) is 4.09. The van der Waals surface area contributed by atoms with Crippen LogP contribution in [-0.4, -0.2) is 32.1 Å². The molecule has 0 aromatic heterocycles. The van der Waals surface area contributed by atoms with Gasteiger partial charge in [0.15, 0.2) is 0 Å². The van der Waals surface area contributed by atoms with Gasteiger partial charge in [-0.3, -0.25) is 30.2 Å². The molecule has 0 spiro atoms. The van der Waals surface area contributed by atoms with Gasteiger partial charge in [-0.15, -0.1) is 0 Å². The summed E-state index contributed by atoms with van der Waals surface area (Å²) < 4.78 is 26.4. The molecule has 0 aliphatic carbocycles. The van der Waals surface area contributed by atoms with Crippen LogP contribution in [0, 0.1) is 0 Å². The first-order chi connectivity index (χ1) is 12.8. The largest absolute Gasteiger partial charge is 0.271 e. The first kappa shape index (κ1) is 18.9. The molecule has 2 amide bonds. The van der Waals surface area contributed by atoms with Gasteiger partial charge in [-0.1, -0.05) is 29.8 Å². The fourth-order valence-corrected chi connectivity index (χ4v) is 3.84. The number of hydrazine groups is 1. The Morgan fingerprint density at radius 3 is 2.59 bits per heavy atom. The van der Waals surface area contributed by atoms with E-state index in [1.807, 2.05) is 0 Å². The molecule has 1 aliphatic rings. The number of halogens is 1. The second kappa shape index (κ2) is 7.37. The lowest BCUT2D eigenvalue weighted by atomic mass is 10.2. The van der Waals surface area contributed by atoms with E-state index in [2.05, 4.69) is 20.6 Å². The van der Waals surface area contributed by atoms with Gasteiger partial charge < -0.3 is 0 Å². The maximum atomic E-state index is 12.2. The highest BCUT2D eigenvalue weighted by Gasteiger charge is 2.31. The predicted octanol–water partition coefficient (Wildman–Crippen LogP) is 1.23. The SMILES string of the molecule is C[C@@H](N=C1NS(=O)(=O)c2ccccc21)C(=O)NNC(=O)c1cccc(Cl)c1. The van der Waals surface area contributed by atoms with E-state index in [1.54, 1.807) is 36.4 Å². The first-order valence-electron chi connectivity index (χ1n) is 7.84. The van der Waals surface area contributed by atoms with Crippen molar-refractivity contribution in [3.8, 4) is 0 Å². The van der Waals surface area contributed by atoms with Gasteiger partial charge in [0, 0.05) is 16.1 Å². The fraction of sp³-hybridized carbons (Fsp3) is 0.118. The Labute approximate surface area is 160 Å². The highest BCUT2D eigenvalue weighted by Crippen LogP contribution is 2.22. The zero-order valence-electron chi connectivity index (χ0n) is 14.1. The summed E-state index contributed by atoms with van der Waals surface area (Å²) in [6, 6.07) is 11.6. The summed E-state index contributed by atoms with van der Waals surface area (Å²) >= 11 is 5.82. The van der Waals surface area contributed by atoms with Crippen molar-refractivity contribution in [3.05, 3.63) is 64.7 Å². The van der Waals surface area contributed by atoms with E-state index in [0.29, 0.717) is 10.6 Å². The average molecular weight is 407 g/mol. The molecule has 0 bridgehead atoms. The van der Waals surface area contributed by atoms with Crippen molar-refractivity contribution in [1.29, 1.82) is 0 Å². The van der Waals surface area contributed by atoms with Crippen molar-refractivity contribution in [2.24, 2.45) is 4.99 Å². The molecule has 2 aromatic rings. The van der Waals surface area contributed by atoms with Crippen molar-refractivity contribution >= 4 is 39.3 Å². The first-order valence-corrected chi connectivity index (χ1v) is 9.70. The van der Waals surface area contributed by atoms with Crippen molar-refractivity contribution in [2.45, 2.75) is 17.9 Å². The minimum absolute atomic E-state index is 0.0782. The molecule has 0 saturated heterocycles. The topological polar surface area (TPSA) is 117 Å². The van der Waals surface area contributed by atoms with E-state index < -0.39 is 27.9 Å². The van der Waals surface area contributed by atoms with Crippen LogP contribution in [-0.2, 0) is 14.8 Å². The van der Waals surface area contributed by atoms with E-state index in [-0.39, 0.29) is 16.3 Å². The summed E-state index contributed by atoms with van der Waals surface area (Å²) in [4.78, 5) is 28.4. The van der Waals surface area contributed by atoms with Crippen molar-refractivity contribution in [3.63, 3.8) is 0 Å². The Bertz CT molecular complexity index is 1050. The van der Waals surface area contributed by atoms with E-state index >= 15 is 0 Å². The standard InChI is InChI=1S/C17H15ClN4O4S/c1-10(16(23)20-21-17(24)11-5-4-6-12(18)9-11)19-15-13-7-2-3-8-14(13)27(25,26)22-15/h2-10H,1H3,(H,19,22)(H,20,23)(H,21,24)/t10-/m1/s1. The molecular weight excluding hydrogens is 392 g/mol. The Hall–Kier alpha value is -2.91. The number of nitrogens with zero attached hydrogens (tertiary/aromatic N) is 1. The van der Waals surface area contributed by atoms with Gasteiger partial charge in [-0.25, -0.2) is 8.42 Å². The number of carbonyl (C=O) groups excluding carboxylic acids is 2. The molecule has 1 heterocycles. The quantitative estimate of drug-likeness (QED) is 0.664. The monoisotopic (exact) mass is 406 g/mol. The van der Waals surface area contributed by atoms with Crippen LogP contribution in [0.15, 0.2) is 58.4 Å². The van der Waals surface area contributed by atoms with Crippen molar-refractivity contribution in [2.75, 3.05) is 0 Å². The number of hydrogen-bond acceptors (Lipinski definition) is 5. The molecule has 0 saturated carbocycles. The van der Waals surface area contributed by atoms with E-state index in [4.69, 9.17) is 11.6 Å². The minimum Gasteiger partial charge on any atom is -0.271 e. The number of aliphatic imine (C=N–C) groups is 1. The Morgan fingerprint density at radius 1 is 1.11 bits per heavy atom. The maximum absolute atomic E-state index is 12.2. The van der Waals surface area contributed by atoms with E-state index in [0.717, 1.165) is 0 Å². The third-order valence-corrected chi connectivity index (χ3v) is 5.38. The molecule has 8 nitrogen and oxygen atoms in total. The number of nitrogens with one attached hydrogen (secondary N) is 3. The number of amidine groups is 1. The predicted molar refractivity (Wildman–Crippen MR) is 99.8 cm³/mol. The molecule has 2 aromatic carbocycles. The van der Waals surface area contributed by atoms with Crippen LogP contribution >= 0.6 is 11.6 Å². The van der Waals surface area contributed by atoms with Gasteiger partial charge in [0.2, 0.25) is 0 Å². The van der Waals surface area contributed by atoms with Gasteiger partial charge in [-0.05, 0) is 37.3 Å². The Morgan fingerprint density at radius 2 is 1.85 bits per heavy atom. The molecule has 1 atom stereocenters. The van der Waals surface area contributed by atoms with Crippen molar-refractivity contribution in [1.82, 2.24) is 15.6 Å². The minimum atomic E-state index is -3.69. The maximum Gasteiger partial charge on any atom is 0.269 e. The van der Waals surface area contributed by atoms with Gasteiger partial charge >= 0.3 is 0 Å². The number of benzene rings is 2. The average Bonchev–Trinajstić information content (AvgIpc) is 2.90. The van der Waals surface area contributed by atoms with Crippen LogP contribution in [0.4, 0.5) is 0 Å². The van der Waals surface area contributed by atoms with Gasteiger partial charge in [0.25, 0.3) is 21.8 Å². The number of rotatable bonds is 3. The summed E-state index contributed by atoms with van der Waals surface area (Å²) in [6.45, 7) is 1.48. The molecular formula is C17H15ClN4O4S. The lowest BCUT2D eigenvalue weighted by Gasteiger charge is -2.11. The third-order valence-electron chi connectivity index (χ3n) is 3.75. The molecule has 27 heavy (non-hydrogen) atoms. The zero-order chi connectivity index (χ0) is 19.6. The molecule has 3 rings (SSSR count). The van der Waals surface area contributed by atoms with Crippen LogP contribution in [0.2, 0.25) is 5.02 Å². The summed E-state index contributed by atoms with van der Waals surface area (Å²) in [5.74, 6) is -1.08. The number of sulfonamides is 1. The van der Waals surface area contributed by atoms with E-state index in [9.17, 15) is 18.0 Å². The van der Waals surface area contributed by atoms with Gasteiger partial charge in [0.1, 0.15) is 11.9 Å². The van der Waals surface area contributed by atoms with Crippen LogP contribution in [0.25, 0.3) is 0 Å². The lowest BCUT2D eigenvalue weighted by Crippen LogP contribution is -2.45. The smallest absolute Gasteiger partial charge is 0.269 e. The number of fused-ring (bicyclic) bond motifs is 1. The Balaban J connectivity index is 1.68. The number of carbonyl (C=O) groups is 2. The molecule has 3 N–H and O–H groups in total. The normalized spacial score (nSPS) is 16.9. The van der Waals surface area contributed by atoms with Gasteiger partial charge in [0.05, 0.1) is 4.90 Å². The van der Waals surface area contributed by atoms with Crippen LogP contribution in [0.5, 0.6) is 0 Å². The molecule has 0 radical (unpaired) electrons. The van der Waals surface area contributed by atoms with Crippen LogP contribution in [0.3, 0.4) is 0 Å². The molecule has 0 unspecified atom stereocenters. The molecule has 140 valence electrons. The van der Waals surface area contributed by atoms with Gasteiger partial charge in [-0.2, -0.15) is 0 Å². The van der Waals surface area contributed by atoms with Crippen LogP contribution < -0.4 is 15.6 Å². The highest BCUT2D eigenvalue weighted by molar-refractivity contribution is 7.90. The summed E-state index contributed by atoms with van der Waals surface area (Å²) in [7, 11) is -3.69. The summed E-state index contributed by atoms with van der Waals surface area (Å²) in [5, 5.41) is 0.390. The molecule has 0 fully saturated rings. The number of hydrogen-bond donors (Lipinski definition) is 3. The van der Waals surface area contributed by atoms with Crippen LogP contribution in [0.1, 0.15) is 22.8 Å². The highest BCUT2D eigenvalue weighted by atomic mass is 35.5. The zero-order valence-corrected chi connectivity index (χ0v) is 15.6. The molecule has 10 heteroatoms. The summed E-state index contributed by atoms with van der Waals surface area (Å²) in [5.41, 5.74) is 5.18. The summed E-state index contributed by atoms with van der Waals surface area (Å²) in [6.07, 6.45) is 0. The second-order valence-corrected chi connectivity index (χ2v) is 7.80. The lowest BCUT2D eigenvalue weighted by molar-refractivity contribution is -0.122.